The molecule has 6 rings (SSSR count). The zero-order valence-corrected chi connectivity index (χ0v) is 29.2. The summed E-state index contributed by atoms with van der Waals surface area (Å²) in [4.78, 5) is 55.6. The quantitative estimate of drug-likeness (QED) is 0.199. The van der Waals surface area contributed by atoms with Crippen LogP contribution in [0.15, 0.2) is 79.0 Å². The molecule has 0 saturated carbocycles. The van der Waals surface area contributed by atoms with E-state index < -0.39 is 29.9 Å². The van der Waals surface area contributed by atoms with Gasteiger partial charge in [0.25, 0.3) is 5.91 Å². The van der Waals surface area contributed by atoms with Crippen LogP contribution in [0, 0.1) is 23.2 Å². The number of aryl methyl sites for hydroxylation is 1. The predicted molar refractivity (Wildman–Crippen MR) is 194 cm³/mol. The van der Waals surface area contributed by atoms with E-state index in [9.17, 15) is 24.3 Å². The van der Waals surface area contributed by atoms with Crippen LogP contribution in [0.3, 0.4) is 0 Å². The Morgan fingerprint density at radius 1 is 1.08 bits per heavy atom. The number of ether oxygens (including phenoxy) is 1. The summed E-state index contributed by atoms with van der Waals surface area (Å²) >= 11 is 6.19. The Hall–Kier alpha value is -6.35. The van der Waals surface area contributed by atoms with Crippen molar-refractivity contribution in [1.82, 2.24) is 30.2 Å². The number of hydrogen-bond acceptors (Lipinski definition) is 8. The minimum Gasteiger partial charge on any atom is -0.507 e. The number of phenolic OH excluding ortho intramolecular Hbond substituents is 1. The molecular weight excluding hydrogens is 700 g/mol. The number of phenols is 1. The van der Waals surface area contributed by atoms with Crippen LogP contribution < -0.4 is 16.0 Å². The van der Waals surface area contributed by atoms with Gasteiger partial charge in [0.2, 0.25) is 11.8 Å². The van der Waals surface area contributed by atoms with Crippen LogP contribution in [-0.2, 0) is 25.7 Å². The number of piperazine rings is 1. The summed E-state index contributed by atoms with van der Waals surface area (Å²) in [6, 6.07) is 19.6. The van der Waals surface area contributed by atoms with Gasteiger partial charge in [-0.2, -0.15) is 10.4 Å². The molecule has 4 aromatic rings. The van der Waals surface area contributed by atoms with Gasteiger partial charge in [-0.05, 0) is 48.0 Å². The molecule has 15 heteroatoms. The number of carbonyl (C=O) groups excluding carboxylic acids is 4. The lowest BCUT2D eigenvalue weighted by Crippen LogP contribution is -2.58. The molecule has 0 aliphatic carbocycles. The van der Waals surface area contributed by atoms with E-state index in [0.29, 0.717) is 58.3 Å². The van der Waals surface area contributed by atoms with Gasteiger partial charge in [0.15, 0.2) is 0 Å². The van der Waals surface area contributed by atoms with Crippen LogP contribution >= 0.6 is 11.6 Å². The molecule has 0 unspecified atom stereocenters. The van der Waals surface area contributed by atoms with Crippen molar-refractivity contribution in [3.05, 3.63) is 101 Å². The molecular formula is C38H35ClN8O6. The van der Waals surface area contributed by atoms with Gasteiger partial charge in [-0.3, -0.25) is 19.1 Å². The number of urea groups is 1. The van der Waals surface area contributed by atoms with E-state index in [2.05, 4.69) is 39.0 Å². The van der Waals surface area contributed by atoms with Gasteiger partial charge in [0, 0.05) is 47.7 Å². The van der Waals surface area contributed by atoms with Crippen molar-refractivity contribution >= 4 is 41.0 Å². The number of rotatable bonds is 8. The first-order chi connectivity index (χ1) is 25.7. The molecule has 5 amide bonds. The summed E-state index contributed by atoms with van der Waals surface area (Å²) in [7, 11) is 0. The average molecular weight is 735 g/mol. The van der Waals surface area contributed by atoms with Gasteiger partial charge in [0.1, 0.15) is 30.1 Å². The fourth-order valence-electron chi connectivity index (χ4n) is 5.90. The van der Waals surface area contributed by atoms with Gasteiger partial charge < -0.3 is 35.6 Å². The Labute approximate surface area is 310 Å². The van der Waals surface area contributed by atoms with E-state index in [-0.39, 0.29) is 44.4 Å². The molecule has 4 N–H and O–H groups in total. The van der Waals surface area contributed by atoms with Gasteiger partial charge in [0.05, 0.1) is 37.8 Å². The number of nitriles is 1. The number of nitrogens with zero attached hydrogens (tertiary/aromatic N) is 5. The van der Waals surface area contributed by atoms with E-state index in [1.807, 2.05) is 0 Å². The fraction of sp³-hybridized carbons (Fsp3) is 0.263. The first-order valence-corrected chi connectivity index (χ1v) is 17.2. The number of carbonyl (C=O) groups is 4. The highest BCUT2D eigenvalue weighted by Gasteiger charge is 2.38. The van der Waals surface area contributed by atoms with Gasteiger partial charge in [-0.25, -0.2) is 4.79 Å². The molecule has 53 heavy (non-hydrogen) atoms. The summed E-state index contributed by atoms with van der Waals surface area (Å²) in [6.45, 7) is 1.10. The molecule has 14 nitrogen and oxygen atoms in total. The molecule has 2 fully saturated rings. The van der Waals surface area contributed by atoms with Crippen LogP contribution in [0.2, 0.25) is 5.02 Å². The second kappa shape index (κ2) is 16.8. The highest BCUT2D eigenvalue weighted by Crippen LogP contribution is 2.33. The normalized spacial score (nSPS) is 16.0. The number of amides is 5. The van der Waals surface area contributed by atoms with Crippen LogP contribution in [0.1, 0.15) is 29.2 Å². The second-order valence-electron chi connectivity index (χ2n) is 12.2. The maximum atomic E-state index is 14.1. The third-order valence-corrected chi connectivity index (χ3v) is 8.84. The molecule has 0 spiro atoms. The Kier molecular flexibility index (Phi) is 11.5. The van der Waals surface area contributed by atoms with Crippen molar-refractivity contribution in [3.63, 3.8) is 0 Å². The van der Waals surface area contributed by atoms with Crippen LogP contribution in [0.5, 0.6) is 5.75 Å². The number of aromatic nitrogens is 2. The zero-order chi connectivity index (χ0) is 37.3. The summed E-state index contributed by atoms with van der Waals surface area (Å²) in [5.41, 5.74) is 2.96. The van der Waals surface area contributed by atoms with Crippen molar-refractivity contribution < 1.29 is 29.0 Å². The van der Waals surface area contributed by atoms with E-state index in [4.69, 9.17) is 21.6 Å². The largest absolute Gasteiger partial charge is 0.507 e. The van der Waals surface area contributed by atoms with Crippen LogP contribution in [-0.4, -0.2) is 93.9 Å². The lowest BCUT2D eigenvalue weighted by Gasteiger charge is -2.37. The number of anilines is 1. The molecule has 2 atom stereocenters. The maximum Gasteiger partial charge on any atom is 0.318 e. The van der Waals surface area contributed by atoms with Gasteiger partial charge >= 0.3 is 6.03 Å². The highest BCUT2D eigenvalue weighted by molar-refractivity contribution is 6.31. The van der Waals surface area contributed by atoms with Crippen LogP contribution in [0.4, 0.5) is 10.5 Å². The maximum absolute atomic E-state index is 14.1. The monoisotopic (exact) mass is 734 g/mol. The standard InChI is InChI=1S/C38H35ClN8O6/c39-28-11-14-32(48)30(21-28)34-27(22-46(44-34)17-4-15-40)10-7-25-8-12-29(13-9-25)42-36(50)31-24-53-20-19-47(31)37(51)35(26-5-2-1-3-6-26)43-38(52)45-18-16-41-33(49)23-45/h1-3,5-6,8-9,11-14,21-22,31,35,48H,4,16-20,23-24H2,(H,41,49)(H,42,50)(H,43,52)/t31-,35+/m0/s1. The number of benzene rings is 3. The van der Waals surface area contributed by atoms with Gasteiger partial charge in [-0.1, -0.05) is 53.8 Å². The lowest BCUT2D eigenvalue weighted by atomic mass is 10.0. The van der Waals surface area contributed by atoms with Gasteiger partial charge in [-0.15, -0.1) is 0 Å². The number of aromatic hydroxyl groups is 1. The van der Waals surface area contributed by atoms with E-state index in [1.165, 1.54) is 15.9 Å². The third-order valence-electron chi connectivity index (χ3n) is 8.61. The smallest absolute Gasteiger partial charge is 0.318 e. The van der Waals surface area contributed by atoms with Crippen molar-refractivity contribution in [3.8, 4) is 34.9 Å². The first-order valence-electron chi connectivity index (χ1n) is 16.8. The highest BCUT2D eigenvalue weighted by atomic mass is 35.5. The summed E-state index contributed by atoms with van der Waals surface area (Å²) in [5.74, 6) is 4.91. The topological polar surface area (TPSA) is 182 Å². The molecule has 3 aromatic carbocycles. The molecule has 1 aromatic heterocycles. The number of nitrogens with one attached hydrogen (secondary N) is 3. The fourth-order valence-corrected chi connectivity index (χ4v) is 6.07. The van der Waals surface area contributed by atoms with E-state index in [1.54, 1.807) is 77.6 Å². The Morgan fingerprint density at radius 2 is 1.87 bits per heavy atom. The van der Waals surface area contributed by atoms with Crippen LogP contribution in [0.25, 0.3) is 11.3 Å². The lowest BCUT2D eigenvalue weighted by molar-refractivity contribution is -0.148. The molecule has 3 heterocycles. The Morgan fingerprint density at radius 3 is 2.62 bits per heavy atom. The molecule has 0 bridgehead atoms. The second-order valence-corrected chi connectivity index (χ2v) is 12.7. The minimum absolute atomic E-state index is 0.0139. The number of halogens is 1. The van der Waals surface area contributed by atoms with E-state index in [0.717, 1.165) is 0 Å². The summed E-state index contributed by atoms with van der Waals surface area (Å²) in [6.07, 6.45) is 1.94. The third kappa shape index (κ3) is 8.94. The molecule has 0 radical (unpaired) electrons. The molecule has 2 aliphatic rings. The summed E-state index contributed by atoms with van der Waals surface area (Å²) in [5, 5.41) is 32.8. The first kappa shape index (κ1) is 36.4. The van der Waals surface area contributed by atoms with E-state index >= 15 is 0 Å². The van der Waals surface area contributed by atoms with Crippen molar-refractivity contribution in [1.29, 1.82) is 5.26 Å². The molecule has 2 aliphatic heterocycles. The SMILES string of the molecule is N#CCCn1cc(C#Cc2ccc(NC(=O)[C@@H]3COCCN3C(=O)[C@H](NC(=O)N3CCNC(=O)C3)c3ccccc3)cc2)c(-c2cc(Cl)ccc2O)n1. The minimum atomic E-state index is -1.11. The predicted octanol–water partition coefficient (Wildman–Crippen LogP) is 3.27. The molecule has 2 saturated heterocycles. The number of hydrogen-bond donors (Lipinski definition) is 4. The molecule has 270 valence electrons. The Balaban J connectivity index is 1.17. The number of morpholine rings is 1. The van der Waals surface area contributed by atoms with Crippen molar-refractivity contribution in [2.75, 3.05) is 44.7 Å². The van der Waals surface area contributed by atoms with Crippen molar-refractivity contribution in [2.45, 2.75) is 25.0 Å². The average Bonchev–Trinajstić information content (AvgIpc) is 3.59. The van der Waals surface area contributed by atoms with Crippen molar-refractivity contribution in [2.24, 2.45) is 0 Å². The zero-order valence-electron chi connectivity index (χ0n) is 28.4. The Bertz CT molecular complexity index is 2100. The summed E-state index contributed by atoms with van der Waals surface area (Å²) < 4.78 is 7.20.